The van der Waals surface area contributed by atoms with Crippen LogP contribution in [0.5, 0.6) is 5.75 Å². The molecule has 6 rings (SSSR count). The molecule has 1 aromatic heterocycles. The largest absolute Gasteiger partial charge is 0.495 e. The van der Waals surface area contributed by atoms with E-state index in [1.165, 1.54) is 24.4 Å². The van der Waals surface area contributed by atoms with Gasteiger partial charge in [-0.15, -0.1) is 0 Å². The van der Waals surface area contributed by atoms with Gasteiger partial charge in [0.1, 0.15) is 17.4 Å². The van der Waals surface area contributed by atoms with E-state index in [1.807, 2.05) is 23.1 Å². The van der Waals surface area contributed by atoms with E-state index in [-0.39, 0.29) is 11.6 Å². The first-order valence-electron chi connectivity index (χ1n) is 15.2. The van der Waals surface area contributed by atoms with E-state index >= 15 is 4.39 Å². The molecule has 0 radical (unpaired) electrons. The lowest BCUT2D eigenvalue weighted by atomic mass is 10.1. The number of ether oxygens (including phenoxy) is 3. The van der Waals surface area contributed by atoms with Gasteiger partial charge in [0.25, 0.3) is 0 Å². The number of hydrogen-bond donors (Lipinski definition) is 3. The van der Waals surface area contributed by atoms with Crippen LogP contribution in [0.1, 0.15) is 0 Å². The predicted octanol–water partition coefficient (Wildman–Crippen LogP) is 5.72. The van der Waals surface area contributed by atoms with Crippen molar-refractivity contribution in [1.29, 1.82) is 0 Å². The molecular weight excluding hydrogens is 608 g/mol. The van der Waals surface area contributed by atoms with Gasteiger partial charge in [-0.05, 0) is 60.7 Å². The van der Waals surface area contributed by atoms with E-state index in [9.17, 15) is 9.18 Å². The zero-order valence-corrected chi connectivity index (χ0v) is 25.9. The van der Waals surface area contributed by atoms with Crippen molar-refractivity contribution in [2.24, 2.45) is 0 Å². The summed E-state index contributed by atoms with van der Waals surface area (Å²) in [6, 6.07) is 14.6. The first-order valence-corrected chi connectivity index (χ1v) is 15.2. The van der Waals surface area contributed by atoms with Gasteiger partial charge in [0.05, 0.1) is 62.5 Å². The summed E-state index contributed by atoms with van der Waals surface area (Å²) in [7, 11) is 1.63. The molecule has 47 heavy (non-hydrogen) atoms. The second kappa shape index (κ2) is 14.4. The lowest BCUT2D eigenvalue weighted by Gasteiger charge is -2.30. The van der Waals surface area contributed by atoms with E-state index in [0.717, 1.165) is 30.6 Å². The molecule has 2 aliphatic rings. The van der Waals surface area contributed by atoms with E-state index in [1.54, 1.807) is 25.3 Å². The second-order valence-electron chi connectivity index (χ2n) is 10.9. The first-order chi connectivity index (χ1) is 22.9. The number of carbonyl (C=O) groups is 1. The summed E-state index contributed by atoms with van der Waals surface area (Å²) in [5.41, 5.74) is 3.82. The third-order valence-corrected chi connectivity index (χ3v) is 7.78. The van der Waals surface area contributed by atoms with Crippen LogP contribution in [-0.2, 0) is 14.3 Å². The molecule has 2 saturated heterocycles. The zero-order chi connectivity index (χ0) is 32.8. The van der Waals surface area contributed by atoms with Crippen molar-refractivity contribution in [2.75, 3.05) is 85.5 Å². The number of rotatable bonds is 10. The van der Waals surface area contributed by atoms with Crippen LogP contribution in [0.3, 0.4) is 0 Å². The van der Waals surface area contributed by atoms with Crippen LogP contribution in [-0.4, -0.2) is 75.6 Å². The van der Waals surface area contributed by atoms with Crippen LogP contribution in [0, 0.1) is 11.6 Å². The number of nitrogens with zero attached hydrogens (tertiary/aromatic N) is 4. The van der Waals surface area contributed by atoms with Gasteiger partial charge in [-0.2, -0.15) is 0 Å². The Morgan fingerprint density at radius 3 is 2.23 bits per heavy atom. The molecule has 0 aliphatic carbocycles. The Labute approximate surface area is 271 Å². The van der Waals surface area contributed by atoms with E-state index in [2.05, 4.69) is 32.4 Å². The average molecular weight is 644 g/mol. The highest BCUT2D eigenvalue weighted by Gasteiger charge is 2.19. The molecule has 0 atom stereocenters. The number of hydrogen-bond acceptors (Lipinski definition) is 10. The van der Waals surface area contributed by atoms with Crippen molar-refractivity contribution >= 4 is 46.0 Å². The van der Waals surface area contributed by atoms with Crippen molar-refractivity contribution in [3.63, 3.8) is 0 Å². The molecule has 13 heteroatoms. The molecule has 0 saturated carbocycles. The molecule has 0 spiro atoms. The van der Waals surface area contributed by atoms with Crippen LogP contribution in [0.15, 0.2) is 73.4 Å². The van der Waals surface area contributed by atoms with Gasteiger partial charge in [-0.1, -0.05) is 6.58 Å². The Kier molecular flexibility index (Phi) is 9.74. The van der Waals surface area contributed by atoms with Crippen LogP contribution in [0.2, 0.25) is 0 Å². The quantitative estimate of drug-likeness (QED) is 0.186. The molecule has 2 fully saturated rings. The first kappa shape index (κ1) is 31.7. The normalized spacial score (nSPS) is 14.8. The number of anilines is 7. The van der Waals surface area contributed by atoms with E-state index in [4.69, 9.17) is 19.2 Å². The van der Waals surface area contributed by atoms with Gasteiger partial charge < -0.3 is 40.0 Å². The maximum Gasteiger partial charge on any atom is 0.247 e. The van der Waals surface area contributed by atoms with Gasteiger partial charge in [0.15, 0.2) is 0 Å². The fourth-order valence-electron chi connectivity index (χ4n) is 5.49. The van der Waals surface area contributed by atoms with Crippen LogP contribution in [0.4, 0.5) is 48.9 Å². The number of halogens is 2. The van der Waals surface area contributed by atoms with Crippen molar-refractivity contribution in [2.45, 2.75) is 0 Å². The van der Waals surface area contributed by atoms with Crippen molar-refractivity contribution in [3.8, 4) is 17.0 Å². The molecule has 11 nitrogen and oxygen atoms in total. The van der Waals surface area contributed by atoms with Crippen LogP contribution < -0.4 is 30.5 Å². The molecule has 0 bridgehead atoms. The molecule has 244 valence electrons. The molecule has 3 N–H and O–H groups in total. The van der Waals surface area contributed by atoms with Gasteiger partial charge >= 0.3 is 0 Å². The topological polar surface area (TPSA) is 113 Å². The molecule has 1 amide bonds. The lowest BCUT2D eigenvalue weighted by Crippen LogP contribution is -2.36. The maximum absolute atomic E-state index is 15.3. The standard InChI is InChI=1S/C34H35F2N7O4/c1-3-32(44)39-26-17-22(16-23(35)18-26)33-28(38-24-4-6-29(27(36)19-24)42-8-12-46-13-9-42)21-37-34(41-33)40-25-5-7-31(45-2)30(20-25)43-10-14-47-15-11-43/h3-7,16-21,38H,1,8-15H2,2H3,(H,39,44)(H,37,40,41). The summed E-state index contributed by atoms with van der Waals surface area (Å²) in [5, 5.41) is 9.03. The van der Waals surface area contributed by atoms with Gasteiger partial charge in [0, 0.05) is 48.8 Å². The third kappa shape index (κ3) is 7.59. The number of aromatic nitrogens is 2. The second-order valence-corrected chi connectivity index (χ2v) is 10.9. The Bertz CT molecular complexity index is 1760. The van der Waals surface area contributed by atoms with Crippen molar-refractivity contribution < 1.29 is 27.8 Å². The number of nitrogens with one attached hydrogen (secondary N) is 3. The van der Waals surface area contributed by atoms with E-state index < -0.39 is 17.5 Å². The van der Waals surface area contributed by atoms with Crippen molar-refractivity contribution in [1.82, 2.24) is 9.97 Å². The van der Waals surface area contributed by atoms with Gasteiger partial charge in [-0.3, -0.25) is 4.79 Å². The average Bonchev–Trinajstić information content (AvgIpc) is 3.09. The van der Waals surface area contributed by atoms with Crippen LogP contribution in [0.25, 0.3) is 11.3 Å². The molecule has 2 aliphatic heterocycles. The molecule has 0 unspecified atom stereocenters. The smallest absolute Gasteiger partial charge is 0.247 e. The number of benzene rings is 3. The minimum absolute atomic E-state index is 0.218. The molecule has 4 aromatic rings. The molecule has 3 heterocycles. The summed E-state index contributed by atoms with van der Waals surface area (Å²) in [6.07, 6.45) is 2.64. The highest BCUT2D eigenvalue weighted by molar-refractivity contribution is 5.99. The Balaban J connectivity index is 1.35. The highest BCUT2D eigenvalue weighted by atomic mass is 19.1. The number of morpholine rings is 2. The molecule has 3 aromatic carbocycles. The predicted molar refractivity (Wildman–Crippen MR) is 178 cm³/mol. The lowest BCUT2D eigenvalue weighted by molar-refractivity contribution is -0.111. The van der Waals surface area contributed by atoms with Crippen molar-refractivity contribution in [3.05, 3.63) is 85.1 Å². The SMILES string of the molecule is C=CC(=O)Nc1cc(F)cc(-c2nc(Nc3ccc(OC)c(N4CCOCC4)c3)ncc2Nc2ccc(N3CCOCC3)c(F)c2)c1. The summed E-state index contributed by atoms with van der Waals surface area (Å²) in [4.78, 5) is 25.4. The minimum Gasteiger partial charge on any atom is -0.495 e. The van der Waals surface area contributed by atoms with Gasteiger partial charge in [-0.25, -0.2) is 18.7 Å². The zero-order valence-electron chi connectivity index (χ0n) is 25.9. The Hall–Kier alpha value is -5.27. The van der Waals surface area contributed by atoms with E-state index in [0.29, 0.717) is 73.5 Å². The monoisotopic (exact) mass is 643 g/mol. The Morgan fingerprint density at radius 2 is 1.55 bits per heavy atom. The Morgan fingerprint density at radius 1 is 0.872 bits per heavy atom. The fourth-order valence-corrected chi connectivity index (χ4v) is 5.49. The number of methoxy groups -OCH3 is 1. The highest BCUT2D eigenvalue weighted by Crippen LogP contribution is 2.35. The van der Waals surface area contributed by atoms with Crippen LogP contribution >= 0.6 is 0 Å². The third-order valence-electron chi connectivity index (χ3n) is 7.78. The fraction of sp³-hybridized carbons (Fsp3) is 0.265. The summed E-state index contributed by atoms with van der Waals surface area (Å²) >= 11 is 0. The number of carbonyl (C=O) groups excluding carboxylic acids is 1. The summed E-state index contributed by atoms with van der Waals surface area (Å²) in [5.74, 6) is -0.519. The molecular formula is C34H35F2N7O4. The summed E-state index contributed by atoms with van der Waals surface area (Å²) in [6.45, 7) is 8.41. The maximum atomic E-state index is 15.3. The minimum atomic E-state index is -0.591. The number of amides is 1. The summed E-state index contributed by atoms with van der Waals surface area (Å²) < 4.78 is 46.7. The van der Waals surface area contributed by atoms with Gasteiger partial charge in [0.2, 0.25) is 11.9 Å².